The van der Waals surface area contributed by atoms with Crippen molar-refractivity contribution in [2.75, 3.05) is 0 Å². The molecule has 242 valence electrons. The minimum Gasteiger partial charge on any atom is -0.504 e. The minimum atomic E-state index is -4.52. The molecule has 47 heavy (non-hydrogen) atoms. The van der Waals surface area contributed by atoms with Gasteiger partial charge in [-0.3, -0.25) is 13.9 Å². The fraction of sp³-hybridized carbons (Fsp3) is 0.0357. The van der Waals surface area contributed by atoms with Gasteiger partial charge < -0.3 is 29.9 Å². The van der Waals surface area contributed by atoms with Crippen LogP contribution in [0.4, 0.5) is 22.7 Å². The van der Waals surface area contributed by atoms with Crippen LogP contribution in [-0.4, -0.2) is 51.5 Å². The van der Waals surface area contributed by atoms with E-state index in [-0.39, 0.29) is 33.6 Å². The van der Waals surface area contributed by atoms with Gasteiger partial charge in [0.2, 0.25) is 11.2 Å². The van der Waals surface area contributed by atoms with E-state index < -0.39 is 81.2 Å². The van der Waals surface area contributed by atoms with Gasteiger partial charge in [-0.05, 0) is 73.2 Å². The first-order chi connectivity index (χ1) is 22.0. The first-order valence-corrected chi connectivity index (χ1v) is 15.6. The van der Waals surface area contributed by atoms with Crippen LogP contribution in [0.25, 0.3) is 22.3 Å². The highest BCUT2D eigenvalue weighted by molar-refractivity contribution is 7.86. The molecule has 5 aromatic rings. The van der Waals surface area contributed by atoms with Crippen molar-refractivity contribution in [3.05, 3.63) is 76.5 Å². The summed E-state index contributed by atoms with van der Waals surface area (Å²) < 4.78 is 69.6. The third kappa shape index (κ3) is 6.31. The van der Waals surface area contributed by atoms with Crippen molar-refractivity contribution in [2.45, 2.75) is 16.7 Å². The van der Waals surface area contributed by atoms with Gasteiger partial charge in [0.05, 0.1) is 26.6 Å². The number of phenols is 4. The molecule has 0 saturated heterocycles. The van der Waals surface area contributed by atoms with Crippen molar-refractivity contribution in [1.29, 1.82) is 0 Å². The van der Waals surface area contributed by atoms with Crippen molar-refractivity contribution in [3.8, 4) is 40.1 Å². The predicted octanol–water partition coefficient (Wildman–Crippen LogP) is 5.62. The molecule has 0 fully saturated rings. The fourth-order valence-corrected chi connectivity index (χ4v) is 5.24. The predicted molar refractivity (Wildman–Crippen MR) is 162 cm³/mol. The van der Waals surface area contributed by atoms with Crippen LogP contribution in [0.2, 0.25) is 0 Å². The Hall–Kier alpha value is -5.89. The maximum atomic E-state index is 13.5. The van der Waals surface area contributed by atoms with Crippen LogP contribution in [0.5, 0.6) is 28.7 Å². The average Bonchev–Trinajstić information content (AvgIpc) is 3.00. The zero-order chi connectivity index (χ0) is 34.4. The highest BCUT2D eigenvalue weighted by atomic mass is 32.2. The summed E-state index contributed by atoms with van der Waals surface area (Å²) in [6, 6.07) is 10.6. The summed E-state index contributed by atoms with van der Waals surface area (Å²) >= 11 is 0. The van der Waals surface area contributed by atoms with Gasteiger partial charge in [0.1, 0.15) is 5.69 Å². The number of hydrogen-bond donors (Lipinski definition) is 7. The van der Waals surface area contributed by atoms with Crippen LogP contribution in [0.15, 0.2) is 100 Å². The van der Waals surface area contributed by atoms with Gasteiger partial charge in [-0.25, -0.2) is 0 Å². The lowest BCUT2D eigenvalue weighted by molar-refractivity contribution is 0.368. The van der Waals surface area contributed by atoms with Crippen molar-refractivity contribution in [1.82, 2.24) is 0 Å². The molecule has 0 amide bonds. The first kappa shape index (κ1) is 32.5. The lowest BCUT2D eigenvalue weighted by atomic mass is 10.0. The molecule has 17 nitrogen and oxygen atoms in total. The molecule has 1 aromatic heterocycles. The second-order valence-corrected chi connectivity index (χ2v) is 12.5. The minimum absolute atomic E-state index is 0.00218. The van der Waals surface area contributed by atoms with Crippen LogP contribution in [0.3, 0.4) is 0 Å². The quantitative estimate of drug-likeness (QED) is 0.0623. The van der Waals surface area contributed by atoms with Crippen molar-refractivity contribution in [3.63, 3.8) is 0 Å². The van der Waals surface area contributed by atoms with Gasteiger partial charge in [-0.2, -0.15) is 27.1 Å². The van der Waals surface area contributed by atoms with Gasteiger partial charge in [0.25, 0.3) is 20.2 Å². The van der Waals surface area contributed by atoms with Crippen LogP contribution < -0.4 is 5.43 Å². The Morgan fingerprint density at radius 1 is 0.617 bits per heavy atom. The molecule has 0 aliphatic carbocycles. The molecule has 0 aliphatic heterocycles. The van der Waals surface area contributed by atoms with E-state index in [9.17, 15) is 56.3 Å². The molecule has 0 unspecified atom stereocenters. The number of hydrogen-bond acceptors (Lipinski definition) is 15. The molecule has 0 saturated carbocycles. The number of nitrogens with zero attached hydrogens (tertiary/aromatic N) is 4. The molecule has 0 radical (unpaired) electrons. The average molecular weight is 685 g/mol. The zero-order valence-electron chi connectivity index (χ0n) is 23.5. The topological polar surface area (TPSA) is 290 Å². The summed E-state index contributed by atoms with van der Waals surface area (Å²) in [5, 5.41) is 67.2. The number of fused-ring (bicyclic) bond motifs is 1. The number of benzene rings is 4. The number of aryl methyl sites for hydroxylation is 1. The fourth-order valence-electron chi connectivity index (χ4n) is 4.28. The van der Waals surface area contributed by atoms with Gasteiger partial charge in [-0.1, -0.05) is 0 Å². The Morgan fingerprint density at radius 2 is 1.06 bits per heavy atom. The van der Waals surface area contributed by atoms with E-state index in [1.807, 2.05) is 0 Å². The Kier molecular flexibility index (Phi) is 8.16. The second-order valence-electron chi connectivity index (χ2n) is 9.68. The Morgan fingerprint density at radius 3 is 1.51 bits per heavy atom. The van der Waals surface area contributed by atoms with Gasteiger partial charge in [0, 0.05) is 5.56 Å². The summed E-state index contributed by atoms with van der Waals surface area (Å²) in [7, 11) is -9.02. The highest BCUT2D eigenvalue weighted by Gasteiger charge is 2.26. The van der Waals surface area contributed by atoms with Crippen molar-refractivity contribution < 1.29 is 55.9 Å². The van der Waals surface area contributed by atoms with Crippen LogP contribution in [-0.2, 0) is 20.2 Å². The van der Waals surface area contributed by atoms with E-state index in [0.29, 0.717) is 0 Å². The van der Waals surface area contributed by atoms with E-state index in [1.165, 1.54) is 19.1 Å². The molecule has 5 rings (SSSR count). The summed E-state index contributed by atoms with van der Waals surface area (Å²) in [6.07, 6.45) is 0. The molecular weight excluding hydrogens is 664 g/mol. The molecular formula is C28H20N4O13S2. The molecule has 1 heterocycles. The summed E-state index contributed by atoms with van der Waals surface area (Å²) in [5.41, 5.74) is -2.78. The van der Waals surface area contributed by atoms with E-state index in [4.69, 9.17) is 4.42 Å². The zero-order valence-corrected chi connectivity index (χ0v) is 25.1. The van der Waals surface area contributed by atoms with Gasteiger partial charge in [0.15, 0.2) is 40.0 Å². The van der Waals surface area contributed by atoms with Crippen LogP contribution >= 0.6 is 0 Å². The summed E-state index contributed by atoms with van der Waals surface area (Å²) in [4.78, 5) is 12.7. The van der Waals surface area contributed by atoms with Gasteiger partial charge >= 0.3 is 0 Å². The Balaban J connectivity index is 1.75. The number of aromatic hydroxyl groups is 5. The van der Waals surface area contributed by atoms with Crippen LogP contribution in [0.1, 0.15) is 5.56 Å². The molecule has 0 spiro atoms. The SMILES string of the molecule is Cc1c(N=Nc2ccc(S(=O)(=O)O)cc2)c(O)c(N=Nc2ccc(S(=O)(=O)O)cc2)c2oc(-c3cc(O)c(O)c(O)c3)c(O)c(=O)c12. The molecule has 0 aliphatic rings. The molecule has 0 atom stereocenters. The summed E-state index contributed by atoms with van der Waals surface area (Å²) in [6.45, 7) is 1.32. The maximum absolute atomic E-state index is 13.5. The number of rotatable bonds is 7. The van der Waals surface area contributed by atoms with E-state index in [2.05, 4.69) is 20.5 Å². The standard InChI is InChI=1S/C28H20N4O13S2/c1-12-20-24(36)26(38)27(13-10-18(33)23(35)19(34)11-13)45-28(20)22(32-30-15-4-8-17(9-5-15)47(42,43)44)25(37)21(12)31-29-14-2-6-16(7-3-14)46(39,40)41/h2-11,33-35,37-38H,1H3,(H,39,40,41)(H,42,43,44). The monoisotopic (exact) mass is 684 g/mol. The lowest BCUT2D eigenvalue weighted by Crippen LogP contribution is -2.05. The third-order valence-corrected chi connectivity index (χ3v) is 8.35. The largest absolute Gasteiger partial charge is 0.504 e. The number of phenolic OH excluding ortho intramolecular Hbond substituents is 4. The second kappa shape index (κ2) is 11.8. The lowest BCUT2D eigenvalue weighted by Gasteiger charge is -2.13. The maximum Gasteiger partial charge on any atom is 0.294 e. The first-order valence-electron chi connectivity index (χ1n) is 12.8. The van der Waals surface area contributed by atoms with Crippen molar-refractivity contribution in [2.24, 2.45) is 20.5 Å². The Bertz CT molecular complexity index is 2400. The molecule has 4 aromatic carbocycles. The van der Waals surface area contributed by atoms with E-state index in [1.54, 1.807) is 0 Å². The van der Waals surface area contributed by atoms with E-state index in [0.717, 1.165) is 48.5 Å². The van der Waals surface area contributed by atoms with Gasteiger partial charge in [-0.15, -0.1) is 10.2 Å². The summed E-state index contributed by atoms with van der Waals surface area (Å²) in [5.74, 6) is -4.92. The van der Waals surface area contributed by atoms with Crippen molar-refractivity contribution >= 4 is 54.0 Å². The Labute approximate surface area is 263 Å². The smallest absolute Gasteiger partial charge is 0.294 e. The highest BCUT2D eigenvalue weighted by Crippen LogP contribution is 2.49. The molecule has 0 bridgehead atoms. The van der Waals surface area contributed by atoms with Crippen LogP contribution in [0, 0.1) is 6.92 Å². The van der Waals surface area contributed by atoms with E-state index >= 15 is 0 Å². The normalized spacial score (nSPS) is 12.4. The molecule has 7 N–H and O–H groups in total. The third-order valence-electron chi connectivity index (χ3n) is 6.61. The number of azo groups is 2. The molecule has 19 heteroatoms.